The first-order valence-corrected chi connectivity index (χ1v) is 6.35. The average molecular weight is 227 g/mol. The zero-order chi connectivity index (χ0) is 11.3. The number of rotatable bonds is 3. The lowest BCUT2D eigenvalue weighted by Gasteiger charge is -2.39. The molecule has 0 aliphatic heterocycles. The fourth-order valence-electron chi connectivity index (χ4n) is 3.77. The van der Waals surface area contributed by atoms with Crippen LogP contribution in [-0.4, -0.2) is 12.5 Å². The van der Waals surface area contributed by atoms with Crippen molar-refractivity contribution in [3.05, 3.63) is 11.6 Å². The van der Waals surface area contributed by atoms with Crippen LogP contribution in [0.15, 0.2) is 11.6 Å². The summed E-state index contributed by atoms with van der Waals surface area (Å²) in [6.07, 6.45) is 5.90. The third kappa shape index (κ3) is 1.69. The highest BCUT2D eigenvalue weighted by Gasteiger charge is 2.47. The topological polar surface area (TPSA) is 26.0 Å². The lowest BCUT2D eigenvalue weighted by Crippen LogP contribution is -2.37. The van der Waals surface area contributed by atoms with Gasteiger partial charge in [0.15, 0.2) is 0 Å². The van der Waals surface area contributed by atoms with Gasteiger partial charge in [0.05, 0.1) is 0 Å². The Morgan fingerprint density at radius 3 is 2.75 bits per heavy atom. The van der Waals surface area contributed by atoms with Crippen molar-refractivity contribution in [3.63, 3.8) is 0 Å². The van der Waals surface area contributed by atoms with Gasteiger partial charge in [-0.05, 0) is 49.5 Å². The number of fused-ring (bicyclic) bond motifs is 1. The van der Waals surface area contributed by atoms with E-state index >= 15 is 0 Å². The Balaban J connectivity index is 1.52. The van der Waals surface area contributed by atoms with E-state index in [9.17, 15) is 8.78 Å². The molecule has 16 heavy (non-hydrogen) atoms. The second-order valence-corrected chi connectivity index (χ2v) is 5.93. The molecule has 3 aliphatic rings. The van der Waals surface area contributed by atoms with Crippen molar-refractivity contribution in [1.82, 2.24) is 0 Å². The minimum atomic E-state index is -2.36. The molecule has 3 heteroatoms. The Kier molecular flexibility index (Phi) is 2.36. The molecule has 0 heterocycles. The monoisotopic (exact) mass is 227 g/mol. The van der Waals surface area contributed by atoms with E-state index in [0.717, 1.165) is 25.3 Å². The maximum absolute atomic E-state index is 12.7. The minimum absolute atomic E-state index is 0.111. The van der Waals surface area contributed by atoms with Crippen LogP contribution in [-0.2, 0) is 0 Å². The summed E-state index contributed by atoms with van der Waals surface area (Å²) in [5.74, 6) is 0.0351. The van der Waals surface area contributed by atoms with Crippen LogP contribution in [0.25, 0.3) is 0 Å². The van der Waals surface area contributed by atoms with E-state index in [1.165, 1.54) is 12.0 Å². The van der Waals surface area contributed by atoms with Gasteiger partial charge in [0, 0.05) is 12.8 Å². The first kappa shape index (κ1) is 10.7. The van der Waals surface area contributed by atoms with Gasteiger partial charge in [0.2, 0.25) is 5.92 Å². The van der Waals surface area contributed by atoms with Gasteiger partial charge in [-0.2, -0.15) is 0 Å². The van der Waals surface area contributed by atoms with Crippen molar-refractivity contribution in [2.75, 3.05) is 6.54 Å². The largest absolute Gasteiger partial charge is 0.330 e. The summed E-state index contributed by atoms with van der Waals surface area (Å²) in [6.45, 7) is 0.784. The third-order valence-electron chi connectivity index (χ3n) is 4.67. The summed E-state index contributed by atoms with van der Waals surface area (Å²) in [7, 11) is 0. The molecule has 3 rings (SSSR count). The first-order chi connectivity index (χ1) is 7.57. The van der Waals surface area contributed by atoms with Crippen LogP contribution in [0.4, 0.5) is 8.78 Å². The van der Waals surface area contributed by atoms with Crippen molar-refractivity contribution >= 4 is 0 Å². The van der Waals surface area contributed by atoms with Crippen molar-refractivity contribution in [2.24, 2.45) is 29.4 Å². The van der Waals surface area contributed by atoms with Crippen LogP contribution in [0.2, 0.25) is 0 Å². The average Bonchev–Trinajstić information content (AvgIpc) is 2.44. The van der Waals surface area contributed by atoms with Gasteiger partial charge in [-0.3, -0.25) is 0 Å². The second-order valence-electron chi connectivity index (χ2n) is 5.93. The van der Waals surface area contributed by atoms with E-state index in [-0.39, 0.29) is 18.8 Å². The third-order valence-corrected chi connectivity index (χ3v) is 4.67. The van der Waals surface area contributed by atoms with E-state index < -0.39 is 5.92 Å². The molecule has 0 amide bonds. The van der Waals surface area contributed by atoms with Crippen molar-refractivity contribution < 1.29 is 8.78 Å². The predicted octanol–water partition coefficient (Wildman–Crippen LogP) is 2.96. The molecule has 0 saturated heterocycles. The van der Waals surface area contributed by atoms with Gasteiger partial charge in [-0.25, -0.2) is 8.78 Å². The molecular formula is C13H19F2N. The van der Waals surface area contributed by atoms with Crippen LogP contribution < -0.4 is 5.73 Å². The zero-order valence-corrected chi connectivity index (χ0v) is 9.46. The molecule has 0 bridgehead atoms. The molecule has 0 aromatic heterocycles. The molecule has 2 saturated carbocycles. The standard InChI is InChI=1S/C13H19F2N/c14-13(15)5-9(6-13)1-8-2-10-4-11(7-16)12(10)3-8/h3,9-12H,1-2,4-7,16H2/t10-,11+,12-/m0/s1. The Morgan fingerprint density at radius 1 is 1.38 bits per heavy atom. The Bertz CT molecular complexity index is 316. The maximum Gasteiger partial charge on any atom is 0.248 e. The Hall–Kier alpha value is -0.440. The number of halogens is 2. The molecule has 0 radical (unpaired) electrons. The molecule has 2 fully saturated rings. The van der Waals surface area contributed by atoms with E-state index in [2.05, 4.69) is 6.08 Å². The quantitative estimate of drug-likeness (QED) is 0.737. The minimum Gasteiger partial charge on any atom is -0.330 e. The smallest absolute Gasteiger partial charge is 0.248 e. The molecule has 90 valence electrons. The lowest BCUT2D eigenvalue weighted by molar-refractivity contribution is -0.109. The van der Waals surface area contributed by atoms with Crippen molar-refractivity contribution in [3.8, 4) is 0 Å². The SMILES string of the molecule is NC[C@H]1C[C@@H]2CC(CC3CC(F)(F)C3)=C[C@H]12. The molecule has 2 N–H and O–H groups in total. The fourth-order valence-corrected chi connectivity index (χ4v) is 3.77. The lowest BCUT2D eigenvalue weighted by atomic mass is 9.66. The van der Waals surface area contributed by atoms with Gasteiger partial charge in [0.25, 0.3) is 0 Å². The van der Waals surface area contributed by atoms with E-state index in [0.29, 0.717) is 11.8 Å². The summed E-state index contributed by atoms with van der Waals surface area (Å²) < 4.78 is 25.4. The first-order valence-electron chi connectivity index (χ1n) is 6.35. The summed E-state index contributed by atoms with van der Waals surface area (Å²) in [5, 5.41) is 0. The summed E-state index contributed by atoms with van der Waals surface area (Å²) >= 11 is 0. The van der Waals surface area contributed by atoms with Gasteiger partial charge < -0.3 is 5.73 Å². The highest BCUT2D eigenvalue weighted by Crippen LogP contribution is 2.52. The Morgan fingerprint density at radius 2 is 2.12 bits per heavy atom. The number of nitrogens with two attached hydrogens (primary N) is 1. The fraction of sp³-hybridized carbons (Fsp3) is 0.846. The molecule has 3 atom stereocenters. The molecule has 0 aromatic carbocycles. The normalized spacial score (nSPS) is 40.9. The van der Waals surface area contributed by atoms with Crippen LogP contribution in [0.5, 0.6) is 0 Å². The summed E-state index contributed by atoms with van der Waals surface area (Å²) in [6, 6.07) is 0. The van der Waals surface area contributed by atoms with Crippen LogP contribution >= 0.6 is 0 Å². The van der Waals surface area contributed by atoms with Crippen LogP contribution in [0.3, 0.4) is 0 Å². The molecule has 1 nitrogen and oxygen atoms in total. The van der Waals surface area contributed by atoms with Gasteiger partial charge >= 0.3 is 0 Å². The Labute approximate surface area is 95.1 Å². The molecular weight excluding hydrogens is 208 g/mol. The van der Waals surface area contributed by atoms with Crippen molar-refractivity contribution in [1.29, 1.82) is 0 Å². The van der Waals surface area contributed by atoms with E-state index in [1.807, 2.05) is 0 Å². The highest BCUT2D eigenvalue weighted by atomic mass is 19.3. The van der Waals surface area contributed by atoms with E-state index in [4.69, 9.17) is 5.73 Å². The summed E-state index contributed by atoms with van der Waals surface area (Å²) in [5.41, 5.74) is 7.12. The molecule has 0 aromatic rings. The molecule has 0 unspecified atom stereocenters. The van der Waals surface area contributed by atoms with Gasteiger partial charge in [0.1, 0.15) is 0 Å². The maximum atomic E-state index is 12.7. The molecule has 0 spiro atoms. The zero-order valence-electron chi connectivity index (χ0n) is 9.46. The van der Waals surface area contributed by atoms with Crippen LogP contribution in [0.1, 0.15) is 32.1 Å². The second kappa shape index (κ2) is 3.52. The van der Waals surface area contributed by atoms with Gasteiger partial charge in [-0.15, -0.1) is 0 Å². The number of alkyl halides is 2. The predicted molar refractivity (Wildman–Crippen MR) is 59.1 cm³/mol. The van der Waals surface area contributed by atoms with Crippen molar-refractivity contribution in [2.45, 2.75) is 38.0 Å². The highest BCUT2D eigenvalue weighted by molar-refractivity contribution is 5.20. The number of allylic oxidation sites excluding steroid dienone is 2. The number of hydrogen-bond donors (Lipinski definition) is 1. The summed E-state index contributed by atoms with van der Waals surface area (Å²) in [4.78, 5) is 0. The molecule has 3 aliphatic carbocycles. The van der Waals surface area contributed by atoms with Gasteiger partial charge in [-0.1, -0.05) is 11.6 Å². The van der Waals surface area contributed by atoms with Crippen LogP contribution in [0, 0.1) is 23.7 Å². The number of hydrogen-bond acceptors (Lipinski definition) is 1. The van der Waals surface area contributed by atoms with E-state index in [1.54, 1.807) is 0 Å².